The highest BCUT2D eigenvalue weighted by Crippen LogP contribution is 1.96. The van der Waals surface area contributed by atoms with Crippen LogP contribution in [0.15, 0.2) is 54.7 Å². The van der Waals surface area contributed by atoms with E-state index in [1.54, 1.807) is 0 Å². The average Bonchev–Trinajstić information content (AvgIpc) is 2.60. The van der Waals surface area contributed by atoms with Gasteiger partial charge >= 0.3 is 0 Å². The third-order valence-electron chi connectivity index (χ3n) is 2.34. The summed E-state index contributed by atoms with van der Waals surface area (Å²) in [7, 11) is 0. The lowest BCUT2D eigenvalue weighted by Gasteiger charge is -1.89. The van der Waals surface area contributed by atoms with Crippen LogP contribution in [0.25, 0.3) is 0 Å². The van der Waals surface area contributed by atoms with E-state index in [1.807, 2.05) is 58.2 Å². The Balaban J connectivity index is 0. The van der Waals surface area contributed by atoms with Crippen LogP contribution in [-0.2, 0) is 12.8 Å². The van der Waals surface area contributed by atoms with Crippen molar-refractivity contribution in [2.75, 3.05) is 0 Å². The van der Waals surface area contributed by atoms with E-state index < -0.39 is 0 Å². The van der Waals surface area contributed by atoms with Crippen molar-refractivity contribution in [3.63, 3.8) is 0 Å². The van der Waals surface area contributed by atoms with Gasteiger partial charge < -0.3 is 0 Å². The third-order valence-corrected chi connectivity index (χ3v) is 2.34. The fourth-order valence-electron chi connectivity index (χ4n) is 1.32. The molecule has 0 radical (unpaired) electrons. The number of pyridine rings is 1. The van der Waals surface area contributed by atoms with Crippen molar-refractivity contribution in [3.05, 3.63) is 66.0 Å². The zero-order chi connectivity index (χ0) is 15.6. The van der Waals surface area contributed by atoms with Crippen molar-refractivity contribution in [3.8, 4) is 0 Å². The van der Waals surface area contributed by atoms with Crippen LogP contribution in [-0.4, -0.2) is 4.98 Å². The van der Waals surface area contributed by atoms with Crippen LogP contribution in [0.1, 0.15) is 52.8 Å². The first-order chi connectivity index (χ1) is 9.86. The van der Waals surface area contributed by atoms with E-state index in [0.717, 1.165) is 18.5 Å². The van der Waals surface area contributed by atoms with E-state index in [4.69, 9.17) is 0 Å². The van der Waals surface area contributed by atoms with Gasteiger partial charge in [0.2, 0.25) is 0 Å². The first-order valence-corrected chi connectivity index (χ1v) is 7.80. The summed E-state index contributed by atoms with van der Waals surface area (Å²) in [6, 6.07) is 16.4. The lowest BCUT2D eigenvalue weighted by Crippen LogP contribution is -1.81. The van der Waals surface area contributed by atoms with Crippen LogP contribution in [0.4, 0.5) is 0 Å². The van der Waals surface area contributed by atoms with Crippen LogP contribution in [0.2, 0.25) is 0 Å². The summed E-state index contributed by atoms with van der Waals surface area (Å²) in [6.07, 6.45) is 3.99. The van der Waals surface area contributed by atoms with Crippen LogP contribution in [0, 0.1) is 0 Å². The summed E-state index contributed by atoms with van der Waals surface area (Å²) in [5.41, 5.74) is 2.57. The molecule has 0 saturated carbocycles. The summed E-state index contributed by atoms with van der Waals surface area (Å²) in [6.45, 7) is 12.3. The van der Waals surface area contributed by atoms with Crippen molar-refractivity contribution in [1.29, 1.82) is 0 Å². The zero-order valence-corrected chi connectivity index (χ0v) is 14.1. The maximum Gasteiger partial charge on any atom is 0.0400 e. The largest absolute Gasteiger partial charge is 0.261 e. The van der Waals surface area contributed by atoms with Gasteiger partial charge in [-0.1, -0.05) is 77.9 Å². The van der Waals surface area contributed by atoms with E-state index in [2.05, 4.69) is 43.1 Å². The number of rotatable bonds is 2. The minimum atomic E-state index is 1.03. The van der Waals surface area contributed by atoms with Crippen LogP contribution < -0.4 is 0 Å². The number of hydrogen-bond acceptors (Lipinski definition) is 1. The number of benzene rings is 1. The van der Waals surface area contributed by atoms with Crippen molar-refractivity contribution in [1.82, 2.24) is 4.98 Å². The molecule has 0 aliphatic carbocycles. The van der Waals surface area contributed by atoms with Gasteiger partial charge in [0.1, 0.15) is 0 Å². The fourth-order valence-corrected chi connectivity index (χ4v) is 1.32. The molecule has 0 bridgehead atoms. The monoisotopic (exact) mass is 273 g/mol. The van der Waals surface area contributed by atoms with Crippen molar-refractivity contribution in [2.24, 2.45) is 0 Å². The first kappa shape index (κ1) is 20.7. The molecule has 112 valence electrons. The van der Waals surface area contributed by atoms with E-state index in [9.17, 15) is 0 Å². The molecule has 0 aliphatic heterocycles. The molecule has 0 saturated heterocycles. The maximum atomic E-state index is 4.10. The van der Waals surface area contributed by atoms with Gasteiger partial charge in [-0.2, -0.15) is 0 Å². The molecule has 1 aromatic heterocycles. The molecular weight excluding hydrogens is 242 g/mol. The van der Waals surface area contributed by atoms with Gasteiger partial charge in [0, 0.05) is 11.9 Å². The lowest BCUT2D eigenvalue weighted by molar-refractivity contribution is 1.04. The highest BCUT2D eigenvalue weighted by molar-refractivity contribution is 5.13. The molecule has 20 heavy (non-hydrogen) atoms. The number of hydrogen-bond donors (Lipinski definition) is 0. The molecule has 0 unspecified atom stereocenters. The molecule has 1 nitrogen and oxygen atoms in total. The molecule has 0 amide bonds. The van der Waals surface area contributed by atoms with E-state index >= 15 is 0 Å². The van der Waals surface area contributed by atoms with E-state index in [1.165, 1.54) is 5.56 Å². The number of aryl methyl sites for hydroxylation is 2. The van der Waals surface area contributed by atoms with Gasteiger partial charge in [-0.05, 0) is 30.5 Å². The second-order valence-electron chi connectivity index (χ2n) is 3.51. The molecule has 2 rings (SSSR count). The molecule has 1 heterocycles. The molecule has 1 aromatic carbocycles. The molecule has 0 atom stereocenters. The highest BCUT2D eigenvalue weighted by atomic mass is 14.6. The Bertz CT molecular complexity index is 328. The molecule has 0 spiro atoms. The Hall–Kier alpha value is -1.63. The van der Waals surface area contributed by atoms with E-state index in [-0.39, 0.29) is 0 Å². The number of nitrogens with zero attached hydrogens (tertiary/aromatic N) is 1. The summed E-state index contributed by atoms with van der Waals surface area (Å²) in [4.78, 5) is 4.10. The quantitative estimate of drug-likeness (QED) is 0.659. The summed E-state index contributed by atoms with van der Waals surface area (Å²) < 4.78 is 0. The Labute approximate surface area is 126 Å². The van der Waals surface area contributed by atoms with E-state index in [0.29, 0.717) is 0 Å². The van der Waals surface area contributed by atoms with Crippen LogP contribution in [0.3, 0.4) is 0 Å². The second kappa shape index (κ2) is 17.4. The third kappa shape index (κ3) is 11.5. The van der Waals surface area contributed by atoms with Crippen molar-refractivity contribution >= 4 is 0 Å². The van der Waals surface area contributed by atoms with Gasteiger partial charge in [-0.25, -0.2) is 0 Å². The van der Waals surface area contributed by atoms with Gasteiger partial charge in [-0.3, -0.25) is 4.98 Å². The first-order valence-electron chi connectivity index (χ1n) is 7.80. The molecule has 2 aromatic rings. The fraction of sp³-hybridized carbons (Fsp3) is 0.421. The second-order valence-corrected chi connectivity index (χ2v) is 3.51. The Morgan fingerprint density at radius 1 is 0.700 bits per heavy atom. The maximum absolute atomic E-state index is 4.10. The average molecular weight is 273 g/mol. The smallest absolute Gasteiger partial charge is 0.0400 e. The minimum Gasteiger partial charge on any atom is -0.261 e. The summed E-state index contributed by atoms with van der Waals surface area (Å²) in [5.74, 6) is 0. The normalized spacial score (nSPS) is 7.90. The van der Waals surface area contributed by atoms with Crippen molar-refractivity contribution < 1.29 is 0 Å². The molecule has 1 heteroatoms. The van der Waals surface area contributed by atoms with Crippen LogP contribution in [0.5, 0.6) is 0 Å². The molecule has 0 fully saturated rings. The highest BCUT2D eigenvalue weighted by Gasteiger charge is 1.81. The predicted molar refractivity (Wildman–Crippen MR) is 92.1 cm³/mol. The Morgan fingerprint density at radius 3 is 1.55 bits per heavy atom. The lowest BCUT2D eigenvalue weighted by atomic mass is 10.2. The topological polar surface area (TPSA) is 12.9 Å². The Morgan fingerprint density at radius 2 is 1.25 bits per heavy atom. The SMILES string of the molecule is CC.CC.CCc1ccccc1.CCc1ccccn1. The van der Waals surface area contributed by atoms with Crippen LogP contribution >= 0.6 is 0 Å². The standard InChI is InChI=1S/C8H10.C7H9N.2C2H6/c1-2-8-6-4-3-5-7-8;1-2-7-5-3-4-6-8-7;2*1-2/h3-7H,2H2,1H3;3-6H,2H2,1H3;2*1-2H3. The van der Waals surface area contributed by atoms with Gasteiger partial charge in [-0.15, -0.1) is 0 Å². The Kier molecular flexibility index (Phi) is 18.0. The zero-order valence-electron chi connectivity index (χ0n) is 14.1. The summed E-state index contributed by atoms with van der Waals surface area (Å²) >= 11 is 0. The minimum absolute atomic E-state index is 1.03. The molecular formula is C19H31N. The van der Waals surface area contributed by atoms with Gasteiger partial charge in [0.25, 0.3) is 0 Å². The van der Waals surface area contributed by atoms with Gasteiger partial charge in [0.05, 0.1) is 0 Å². The number of aromatic nitrogens is 1. The molecule has 0 N–H and O–H groups in total. The molecule has 0 aliphatic rings. The summed E-state index contributed by atoms with van der Waals surface area (Å²) in [5, 5.41) is 0. The predicted octanol–water partition coefficient (Wildman–Crippen LogP) is 5.95. The van der Waals surface area contributed by atoms with Crippen molar-refractivity contribution in [2.45, 2.75) is 54.4 Å². The van der Waals surface area contributed by atoms with Gasteiger partial charge in [0.15, 0.2) is 0 Å².